The summed E-state index contributed by atoms with van der Waals surface area (Å²) in [6.07, 6.45) is 91.8. The van der Waals surface area contributed by atoms with Crippen molar-refractivity contribution in [1.82, 2.24) is 0 Å². The molecule has 0 aliphatic heterocycles. The Morgan fingerprint density at radius 2 is 0.525 bits per heavy atom. The van der Waals surface area contributed by atoms with E-state index >= 15 is 0 Å². The highest BCUT2D eigenvalue weighted by Crippen LogP contribution is 2.45. The van der Waals surface area contributed by atoms with Crippen molar-refractivity contribution in [3.8, 4) is 0 Å². The van der Waals surface area contributed by atoms with E-state index in [-0.39, 0.29) is 19.3 Å². The molecule has 5 atom stereocenters. The van der Waals surface area contributed by atoms with Crippen LogP contribution in [-0.2, 0) is 55.8 Å². The van der Waals surface area contributed by atoms with E-state index in [2.05, 4.69) is 167 Å². The summed E-state index contributed by atoms with van der Waals surface area (Å²) in [6.45, 7) is 2.38. The van der Waals surface area contributed by atoms with E-state index in [4.69, 9.17) is 32.3 Å². The Morgan fingerprint density at radius 3 is 0.832 bits per heavy atom. The maximum Gasteiger partial charge on any atom is 0.472 e. The number of hydrogen-bond donors (Lipinski definition) is 4. The Labute approximate surface area is 613 Å². The molecule has 0 heterocycles. The van der Waals surface area contributed by atoms with Crippen molar-refractivity contribution in [3.05, 3.63) is 146 Å². The second-order valence-corrected chi connectivity index (χ2v) is 28.7. The fraction of sp³-hybridized carbons (Fsp3) is 0.675. The number of esters is 3. The van der Waals surface area contributed by atoms with E-state index in [1.165, 1.54) is 77.0 Å². The van der Waals surface area contributed by atoms with Crippen LogP contribution in [0.3, 0.4) is 0 Å². The summed E-state index contributed by atoms with van der Waals surface area (Å²) >= 11 is 0. The van der Waals surface area contributed by atoms with Crippen molar-refractivity contribution in [3.63, 3.8) is 0 Å². The van der Waals surface area contributed by atoms with E-state index in [9.17, 15) is 43.5 Å². The van der Waals surface area contributed by atoms with Gasteiger partial charge in [0.1, 0.15) is 25.4 Å². The Hall–Kier alpha value is -4.57. The van der Waals surface area contributed by atoms with Crippen molar-refractivity contribution < 1.29 is 75.8 Å². The molecule has 0 aromatic rings. The maximum absolute atomic E-state index is 13.0. The van der Waals surface area contributed by atoms with Gasteiger partial charge in [-0.3, -0.25) is 32.5 Å². The van der Waals surface area contributed by atoms with Crippen LogP contribution in [0.4, 0.5) is 0 Å². The normalized spacial score (nSPS) is 14.8. The number of allylic oxidation sites excluding steroid dienone is 24. The first-order valence-corrected chi connectivity index (χ1v) is 42.1. The van der Waals surface area contributed by atoms with Gasteiger partial charge in [0.25, 0.3) is 0 Å². The molecule has 0 aliphatic carbocycles. The number of carbonyl (C=O) groups excluding carboxylic acids is 3. The smallest absolute Gasteiger partial charge is 0.463 e. The van der Waals surface area contributed by atoms with Crippen molar-refractivity contribution >= 4 is 33.6 Å². The molecule has 0 aromatic heterocycles. The fourth-order valence-corrected chi connectivity index (χ4v) is 11.7. The second kappa shape index (κ2) is 75.1. The zero-order valence-corrected chi connectivity index (χ0v) is 64.8. The Balaban J connectivity index is 4.57. The third-order valence-corrected chi connectivity index (χ3v) is 17.9. The number of carbonyl (C=O) groups is 3. The van der Waals surface area contributed by atoms with Gasteiger partial charge in [-0.05, 0) is 141 Å². The van der Waals surface area contributed by atoms with Gasteiger partial charge in [-0.2, -0.15) is 0 Å². The summed E-state index contributed by atoms with van der Waals surface area (Å²) in [4.78, 5) is 58.6. The Bertz CT molecular complexity index is 2420. The maximum atomic E-state index is 13.0. The van der Waals surface area contributed by atoms with E-state index in [1.54, 1.807) is 0 Å². The van der Waals surface area contributed by atoms with Gasteiger partial charge in [0, 0.05) is 19.3 Å². The molecule has 0 saturated heterocycles. The minimum atomic E-state index is -4.94. The first-order valence-electron chi connectivity index (χ1n) is 39.1. The van der Waals surface area contributed by atoms with Gasteiger partial charge in [-0.25, -0.2) is 9.13 Å². The first-order chi connectivity index (χ1) is 49.2. The minimum Gasteiger partial charge on any atom is -0.463 e. The lowest BCUT2D eigenvalue weighted by Crippen LogP contribution is -2.30. The lowest BCUT2D eigenvalue weighted by Gasteiger charge is -2.21. The summed E-state index contributed by atoms with van der Waals surface area (Å²) in [5.41, 5.74) is 0. The number of aliphatic hydroxyl groups is 2. The number of phosphoric ester groups is 2. The van der Waals surface area contributed by atoms with Crippen LogP contribution >= 0.6 is 15.6 Å². The number of unbranched alkanes of at least 4 members (excludes halogenated alkanes) is 26. The van der Waals surface area contributed by atoms with Gasteiger partial charge in [0.15, 0.2) is 6.10 Å². The standard InChI is InChI=1S/C83H140O16P2/c1-4-7-10-13-16-19-22-25-28-31-33-34-35-36-37-38-39-40-41-42-44-47-48-51-54-57-60-63-66-69-81(86)93-72-78(84)73-95-100(89,90)96-74-79(85)75-97-101(91,92)98-77-80(99-83(88)71-68-65-62-59-56-53-50-45-30-27-24-21-18-15-12-9-6-3)76-94-82(87)70-67-64-61-58-55-52-49-46-43-32-29-26-23-20-17-14-11-8-5-2/h7,9-10,12,16-21,25-30,33-34,36-37,43,46,50,53,78-80,84-85H,4-6,8,11,13-15,22-24,31-32,35,38-42,44-45,47-49,51-52,54-77H2,1-3H3,(H,89,90)(H,91,92)/b10-7-,12-9-,19-16-,20-17-,21-18-,28-25-,29-26-,30-27-,34-33-,37-36-,46-43-,53-50-. The van der Waals surface area contributed by atoms with Crippen LogP contribution in [0.5, 0.6) is 0 Å². The average Bonchev–Trinajstić information content (AvgIpc) is 1.06. The number of ether oxygens (including phenoxy) is 3. The number of aliphatic hydroxyl groups excluding tert-OH is 2. The van der Waals surface area contributed by atoms with E-state index in [0.717, 1.165) is 167 Å². The van der Waals surface area contributed by atoms with Crippen molar-refractivity contribution in [1.29, 1.82) is 0 Å². The molecule has 0 saturated carbocycles. The van der Waals surface area contributed by atoms with Crippen LogP contribution in [0.1, 0.15) is 303 Å². The molecule has 0 rings (SSSR count). The molecule has 4 N–H and O–H groups in total. The summed E-state index contributed by atoms with van der Waals surface area (Å²) in [5, 5.41) is 20.6. The lowest BCUT2D eigenvalue weighted by atomic mass is 10.0. The molecular formula is C83H140O16P2. The van der Waals surface area contributed by atoms with Gasteiger partial charge in [0.2, 0.25) is 0 Å². The highest BCUT2D eigenvalue weighted by Gasteiger charge is 2.29. The number of hydrogen-bond acceptors (Lipinski definition) is 14. The van der Waals surface area contributed by atoms with Crippen molar-refractivity contribution in [2.24, 2.45) is 0 Å². The molecular weight excluding hydrogens is 1310 g/mol. The zero-order chi connectivity index (χ0) is 73.7. The molecule has 0 amide bonds. The zero-order valence-electron chi connectivity index (χ0n) is 63.0. The third-order valence-electron chi connectivity index (χ3n) is 16.0. The molecule has 0 bridgehead atoms. The van der Waals surface area contributed by atoms with Crippen LogP contribution in [0.25, 0.3) is 0 Å². The molecule has 5 unspecified atom stereocenters. The van der Waals surface area contributed by atoms with Crippen LogP contribution in [0, 0.1) is 0 Å². The monoisotopic (exact) mass is 1450 g/mol. The highest BCUT2D eigenvalue weighted by molar-refractivity contribution is 7.47. The molecule has 0 spiro atoms. The number of rotatable bonds is 73. The van der Waals surface area contributed by atoms with Crippen LogP contribution in [0.2, 0.25) is 0 Å². The SMILES string of the molecule is CC/C=C\C/C=C\C/C=C\C/C=C\C/C=C\CCCCCCCCCCCCCCCC(=O)OCC(O)COP(=O)(O)OCC(O)COP(=O)(O)OCC(COC(=O)CCCCCCCC/C=C\C/C=C\C/C=C\CCCCC)OC(=O)CCCCCC/C=C\C/C=C\C/C=C\C/C=C\CC. The molecule has 16 nitrogen and oxygen atoms in total. The van der Waals surface area contributed by atoms with Crippen molar-refractivity contribution in [2.75, 3.05) is 39.6 Å². The van der Waals surface area contributed by atoms with Crippen LogP contribution < -0.4 is 0 Å². The average molecular weight is 1460 g/mol. The number of phosphoric acid groups is 2. The van der Waals surface area contributed by atoms with Gasteiger partial charge in [-0.15, -0.1) is 0 Å². The third kappa shape index (κ3) is 76.4. The second-order valence-electron chi connectivity index (χ2n) is 25.7. The Morgan fingerprint density at radius 1 is 0.287 bits per heavy atom. The predicted molar refractivity (Wildman–Crippen MR) is 417 cm³/mol. The molecule has 578 valence electrons. The van der Waals surface area contributed by atoms with E-state index < -0.39 is 91.5 Å². The molecule has 18 heteroatoms. The van der Waals surface area contributed by atoms with Crippen LogP contribution in [0.15, 0.2) is 146 Å². The fourth-order valence-electron chi connectivity index (χ4n) is 10.1. The first kappa shape index (κ1) is 96.4. The van der Waals surface area contributed by atoms with Gasteiger partial charge in [-0.1, -0.05) is 289 Å². The van der Waals surface area contributed by atoms with E-state index in [0.29, 0.717) is 19.3 Å². The summed E-state index contributed by atoms with van der Waals surface area (Å²) < 4.78 is 61.1. The highest BCUT2D eigenvalue weighted by atomic mass is 31.2. The van der Waals surface area contributed by atoms with Crippen molar-refractivity contribution in [2.45, 2.75) is 322 Å². The lowest BCUT2D eigenvalue weighted by molar-refractivity contribution is -0.161. The quantitative estimate of drug-likeness (QED) is 0.0146. The van der Waals surface area contributed by atoms with Gasteiger partial charge < -0.3 is 34.2 Å². The molecule has 0 aliphatic rings. The largest absolute Gasteiger partial charge is 0.472 e. The van der Waals surface area contributed by atoms with E-state index in [1.807, 2.05) is 0 Å². The predicted octanol–water partition coefficient (Wildman–Crippen LogP) is 22.9. The molecule has 0 fully saturated rings. The minimum absolute atomic E-state index is 0.0699. The summed E-state index contributed by atoms with van der Waals surface area (Å²) in [7, 11) is -9.81. The molecule has 101 heavy (non-hydrogen) atoms. The molecule has 0 aromatic carbocycles. The Kier molecular flexibility index (Phi) is 71.7. The molecule has 0 radical (unpaired) electrons. The summed E-state index contributed by atoms with van der Waals surface area (Å²) in [6, 6.07) is 0. The van der Waals surface area contributed by atoms with Gasteiger partial charge in [0.05, 0.1) is 26.4 Å². The van der Waals surface area contributed by atoms with Crippen LogP contribution in [-0.4, -0.2) is 95.9 Å². The summed E-state index contributed by atoms with van der Waals surface area (Å²) in [5.74, 6) is -1.62. The van der Waals surface area contributed by atoms with Gasteiger partial charge >= 0.3 is 33.6 Å². The topological polar surface area (TPSA) is 231 Å².